The van der Waals surface area contributed by atoms with Crippen LogP contribution in [0, 0.1) is 5.92 Å². The summed E-state index contributed by atoms with van der Waals surface area (Å²) in [5, 5.41) is 5.79. The first-order chi connectivity index (χ1) is 10.7. The third-order valence-corrected chi connectivity index (χ3v) is 4.06. The molecule has 0 spiro atoms. The summed E-state index contributed by atoms with van der Waals surface area (Å²) < 4.78 is 5.08. The second-order valence-electron chi connectivity index (χ2n) is 5.68. The first-order valence-corrected chi connectivity index (χ1v) is 7.91. The Morgan fingerprint density at radius 2 is 1.91 bits per heavy atom. The van der Waals surface area contributed by atoms with Crippen LogP contribution in [0.25, 0.3) is 0 Å². The number of anilines is 1. The number of rotatable bonds is 6. The second kappa shape index (κ2) is 8.41. The molecule has 0 heterocycles. The molecule has 0 aliphatic heterocycles. The summed E-state index contributed by atoms with van der Waals surface area (Å²) in [5.74, 6) is -0.156. The molecule has 5 heteroatoms. The van der Waals surface area contributed by atoms with E-state index in [1.807, 2.05) is 6.07 Å². The maximum atomic E-state index is 12.0. The van der Waals surface area contributed by atoms with Gasteiger partial charge in [-0.05, 0) is 30.9 Å². The van der Waals surface area contributed by atoms with E-state index < -0.39 is 5.97 Å². The average Bonchev–Trinajstić information content (AvgIpc) is 2.58. The van der Waals surface area contributed by atoms with E-state index in [4.69, 9.17) is 4.74 Å². The number of hydrogen-bond acceptors (Lipinski definition) is 4. The molecule has 0 bridgehead atoms. The van der Waals surface area contributed by atoms with Crippen LogP contribution in [0.5, 0.6) is 0 Å². The molecule has 22 heavy (non-hydrogen) atoms. The first-order valence-electron chi connectivity index (χ1n) is 7.91. The first kappa shape index (κ1) is 16.3. The van der Waals surface area contributed by atoms with Gasteiger partial charge in [0.2, 0.25) is 0 Å². The lowest BCUT2D eigenvalue weighted by atomic mass is 9.89. The minimum absolute atomic E-state index is 0.233. The molecule has 0 atom stereocenters. The molecule has 5 nitrogen and oxygen atoms in total. The molecule has 2 rings (SSSR count). The Morgan fingerprint density at radius 1 is 1.18 bits per heavy atom. The minimum Gasteiger partial charge on any atom is -0.452 e. The lowest BCUT2D eigenvalue weighted by molar-refractivity contribution is -0.124. The molecule has 1 amide bonds. The zero-order valence-corrected chi connectivity index (χ0v) is 13.1. The van der Waals surface area contributed by atoms with Crippen molar-refractivity contribution in [3.05, 3.63) is 29.8 Å². The predicted octanol–water partition coefficient (Wildman–Crippen LogP) is 2.58. The maximum absolute atomic E-state index is 12.0. The van der Waals surface area contributed by atoms with Gasteiger partial charge in [0.15, 0.2) is 6.61 Å². The monoisotopic (exact) mass is 304 g/mol. The summed E-state index contributed by atoms with van der Waals surface area (Å²) in [7, 11) is 1.74. The topological polar surface area (TPSA) is 67.4 Å². The molecule has 0 aromatic heterocycles. The summed E-state index contributed by atoms with van der Waals surface area (Å²) in [6.45, 7) is 0.451. The van der Waals surface area contributed by atoms with E-state index in [9.17, 15) is 9.59 Å². The number of nitrogens with one attached hydrogen (secondary N) is 2. The largest absolute Gasteiger partial charge is 0.452 e. The second-order valence-corrected chi connectivity index (χ2v) is 5.68. The van der Waals surface area contributed by atoms with E-state index in [0.717, 1.165) is 0 Å². The number of benzene rings is 1. The van der Waals surface area contributed by atoms with Crippen molar-refractivity contribution < 1.29 is 14.3 Å². The highest BCUT2D eigenvalue weighted by atomic mass is 16.5. The van der Waals surface area contributed by atoms with Gasteiger partial charge in [-0.2, -0.15) is 0 Å². The highest BCUT2D eigenvalue weighted by Crippen LogP contribution is 2.22. The van der Waals surface area contributed by atoms with Gasteiger partial charge in [0.05, 0.1) is 5.56 Å². The van der Waals surface area contributed by atoms with Crippen molar-refractivity contribution in [1.29, 1.82) is 0 Å². The summed E-state index contributed by atoms with van der Waals surface area (Å²) in [5.41, 5.74) is 1.13. The fourth-order valence-corrected chi connectivity index (χ4v) is 2.79. The molecule has 0 saturated heterocycles. The summed E-state index contributed by atoms with van der Waals surface area (Å²) in [4.78, 5) is 23.8. The molecule has 1 aromatic carbocycles. The van der Waals surface area contributed by atoms with Gasteiger partial charge >= 0.3 is 5.97 Å². The van der Waals surface area contributed by atoms with E-state index >= 15 is 0 Å². The number of hydrogen-bond donors (Lipinski definition) is 2. The van der Waals surface area contributed by atoms with Gasteiger partial charge in [-0.3, -0.25) is 4.79 Å². The normalized spacial score (nSPS) is 15.1. The average molecular weight is 304 g/mol. The van der Waals surface area contributed by atoms with Gasteiger partial charge in [-0.25, -0.2) is 4.79 Å². The quantitative estimate of drug-likeness (QED) is 0.793. The van der Waals surface area contributed by atoms with E-state index in [-0.39, 0.29) is 12.5 Å². The molecule has 2 N–H and O–H groups in total. The zero-order chi connectivity index (χ0) is 15.8. The molecule has 0 radical (unpaired) electrons. The van der Waals surface area contributed by atoms with Crippen LogP contribution in [0.1, 0.15) is 42.5 Å². The van der Waals surface area contributed by atoms with Crippen LogP contribution in [-0.2, 0) is 9.53 Å². The van der Waals surface area contributed by atoms with Gasteiger partial charge in [-0.1, -0.05) is 31.4 Å². The van der Waals surface area contributed by atoms with Crippen LogP contribution in [-0.4, -0.2) is 32.1 Å². The molecule has 120 valence electrons. The number of amides is 1. The summed E-state index contributed by atoms with van der Waals surface area (Å²) in [6.07, 6.45) is 6.14. The van der Waals surface area contributed by atoms with E-state index in [1.165, 1.54) is 32.1 Å². The SMILES string of the molecule is CNc1ccccc1C(=O)OCC(=O)NCC1CCCCC1. The molecule has 1 aliphatic carbocycles. The highest BCUT2D eigenvalue weighted by Gasteiger charge is 2.16. The lowest BCUT2D eigenvalue weighted by Gasteiger charge is -2.21. The van der Waals surface area contributed by atoms with Crippen LogP contribution >= 0.6 is 0 Å². The van der Waals surface area contributed by atoms with Gasteiger partial charge in [0.1, 0.15) is 0 Å². The van der Waals surface area contributed by atoms with E-state index in [2.05, 4.69) is 10.6 Å². The number of esters is 1. The van der Waals surface area contributed by atoms with Crippen molar-refractivity contribution in [3.63, 3.8) is 0 Å². The molecular formula is C17H24N2O3. The lowest BCUT2D eigenvalue weighted by Crippen LogP contribution is -2.33. The van der Waals surface area contributed by atoms with Crippen LogP contribution in [0.15, 0.2) is 24.3 Å². The predicted molar refractivity (Wildman–Crippen MR) is 85.9 cm³/mol. The van der Waals surface area contributed by atoms with Crippen molar-refractivity contribution in [1.82, 2.24) is 5.32 Å². The third kappa shape index (κ3) is 4.76. The molecule has 1 aromatic rings. The standard InChI is InChI=1S/C17H24N2O3/c1-18-15-10-6-5-9-14(15)17(21)22-12-16(20)19-11-13-7-3-2-4-8-13/h5-6,9-10,13,18H,2-4,7-8,11-12H2,1H3,(H,19,20). The zero-order valence-electron chi connectivity index (χ0n) is 13.1. The fraction of sp³-hybridized carbons (Fsp3) is 0.529. The molecular weight excluding hydrogens is 280 g/mol. The Bertz CT molecular complexity index is 510. The smallest absolute Gasteiger partial charge is 0.340 e. The van der Waals surface area contributed by atoms with Crippen LogP contribution in [0.4, 0.5) is 5.69 Å². The van der Waals surface area contributed by atoms with Crippen molar-refractivity contribution >= 4 is 17.6 Å². The van der Waals surface area contributed by atoms with Gasteiger partial charge in [-0.15, -0.1) is 0 Å². The van der Waals surface area contributed by atoms with E-state index in [0.29, 0.717) is 23.7 Å². The van der Waals surface area contributed by atoms with Crippen molar-refractivity contribution in [2.75, 3.05) is 25.5 Å². The summed E-state index contributed by atoms with van der Waals surface area (Å²) >= 11 is 0. The van der Waals surface area contributed by atoms with Crippen LogP contribution in [0.2, 0.25) is 0 Å². The maximum Gasteiger partial charge on any atom is 0.340 e. The number of para-hydroxylation sites is 1. The minimum atomic E-state index is -0.488. The molecule has 1 saturated carbocycles. The fourth-order valence-electron chi connectivity index (χ4n) is 2.79. The Hall–Kier alpha value is -2.04. The van der Waals surface area contributed by atoms with Gasteiger partial charge < -0.3 is 15.4 Å². The van der Waals surface area contributed by atoms with Crippen LogP contribution < -0.4 is 10.6 Å². The highest BCUT2D eigenvalue weighted by molar-refractivity contribution is 5.96. The van der Waals surface area contributed by atoms with Crippen molar-refractivity contribution in [3.8, 4) is 0 Å². The number of carbonyl (C=O) groups excluding carboxylic acids is 2. The Balaban J connectivity index is 1.74. The Morgan fingerprint density at radius 3 is 2.64 bits per heavy atom. The van der Waals surface area contributed by atoms with Gasteiger partial charge in [0.25, 0.3) is 5.91 Å². The molecule has 0 unspecified atom stereocenters. The number of carbonyl (C=O) groups is 2. The third-order valence-electron chi connectivity index (χ3n) is 4.06. The van der Waals surface area contributed by atoms with Gasteiger partial charge in [0, 0.05) is 19.3 Å². The Labute approximate surface area is 131 Å². The van der Waals surface area contributed by atoms with E-state index in [1.54, 1.807) is 25.2 Å². The molecule has 1 aliphatic rings. The van der Waals surface area contributed by atoms with Crippen molar-refractivity contribution in [2.24, 2.45) is 5.92 Å². The number of ether oxygens (including phenoxy) is 1. The van der Waals surface area contributed by atoms with Crippen molar-refractivity contribution in [2.45, 2.75) is 32.1 Å². The van der Waals surface area contributed by atoms with Crippen LogP contribution in [0.3, 0.4) is 0 Å². The molecule has 1 fully saturated rings. The summed E-state index contributed by atoms with van der Waals surface area (Å²) in [6, 6.07) is 7.06. The Kier molecular flexibility index (Phi) is 6.25.